The number of epoxide rings is 1. The number of esters is 1. The Morgan fingerprint density at radius 3 is 2.81 bits per heavy atom. The Morgan fingerprint density at radius 1 is 1.43 bits per heavy atom. The van der Waals surface area contributed by atoms with Crippen LogP contribution >= 0.6 is 0 Å². The summed E-state index contributed by atoms with van der Waals surface area (Å²) < 4.78 is 11.0. The van der Waals surface area contributed by atoms with Crippen LogP contribution in [0.3, 0.4) is 0 Å². The Kier molecular flexibility index (Phi) is 3.45. The topological polar surface area (TPSA) is 59.1 Å². The highest BCUT2D eigenvalue weighted by molar-refractivity contribution is 5.88. The van der Waals surface area contributed by atoms with Crippen LogP contribution in [-0.2, 0) is 14.3 Å². The average Bonchev–Trinajstić information content (AvgIpc) is 3.12. The Hall–Kier alpha value is -0.870. The molecule has 0 aromatic heterocycles. The highest BCUT2D eigenvalue weighted by Crippen LogP contribution is 2.62. The third kappa shape index (κ3) is 2.07. The smallest absolute Gasteiger partial charge is 0.333 e. The number of carbonyl (C=O) groups is 1. The van der Waals surface area contributed by atoms with Crippen molar-refractivity contribution in [2.24, 2.45) is 17.8 Å². The van der Waals surface area contributed by atoms with E-state index in [0.717, 1.165) is 25.7 Å². The molecule has 6 atom stereocenters. The molecule has 4 heteroatoms. The van der Waals surface area contributed by atoms with Gasteiger partial charge >= 0.3 is 5.97 Å². The van der Waals surface area contributed by atoms with Crippen LogP contribution in [-0.4, -0.2) is 35.0 Å². The van der Waals surface area contributed by atoms with Gasteiger partial charge in [0.05, 0.1) is 12.2 Å². The fourth-order valence-corrected chi connectivity index (χ4v) is 4.74. The molecule has 1 heterocycles. The highest BCUT2D eigenvalue weighted by Gasteiger charge is 2.71. The van der Waals surface area contributed by atoms with Crippen molar-refractivity contribution in [3.63, 3.8) is 0 Å². The van der Waals surface area contributed by atoms with E-state index in [1.54, 1.807) is 6.92 Å². The first-order valence-electron chi connectivity index (χ1n) is 8.10. The summed E-state index contributed by atoms with van der Waals surface area (Å²) in [7, 11) is 0. The lowest BCUT2D eigenvalue weighted by Crippen LogP contribution is -2.59. The van der Waals surface area contributed by atoms with Crippen LogP contribution in [0.2, 0.25) is 0 Å². The Bertz CT molecular complexity index is 473. The van der Waals surface area contributed by atoms with Gasteiger partial charge in [0.15, 0.2) is 0 Å². The molecule has 0 aromatic rings. The highest BCUT2D eigenvalue weighted by atomic mass is 16.6. The normalized spacial score (nSPS) is 48.0. The largest absolute Gasteiger partial charge is 0.463 e. The summed E-state index contributed by atoms with van der Waals surface area (Å²) in [6, 6.07) is 0. The lowest BCUT2D eigenvalue weighted by atomic mass is 9.55. The zero-order valence-corrected chi connectivity index (χ0v) is 13.2. The van der Waals surface area contributed by atoms with Crippen LogP contribution in [0.5, 0.6) is 0 Å². The minimum Gasteiger partial charge on any atom is -0.463 e. The zero-order valence-electron chi connectivity index (χ0n) is 13.2. The predicted octanol–water partition coefficient (Wildman–Crippen LogP) is 2.45. The van der Waals surface area contributed by atoms with Gasteiger partial charge in [0.1, 0.15) is 11.7 Å². The SMILES string of the molecule is C=C(C(=O)OCC)[C@@H]1CC[C@@H](C)[C@@H]2CC[C@@]3(C)O[C@H]3[C@]12O. The van der Waals surface area contributed by atoms with Gasteiger partial charge in [-0.2, -0.15) is 0 Å². The van der Waals surface area contributed by atoms with Crippen molar-refractivity contribution in [3.8, 4) is 0 Å². The minimum atomic E-state index is -0.964. The van der Waals surface area contributed by atoms with Crippen molar-refractivity contribution in [2.75, 3.05) is 6.61 Å². The molecule has 3 rings (SSSR count). The first-order chi connectivity index (χ1) is 9.84. The van der Waals surface area contributed by atoms with Crippen molar-refractivity contribution >= 4 is 5.97 Å². The monoisotopic (exact) mass is 294 g/mol. The van der Waals surface area contributed by atoms with Gasteiger partial charge in [0.25, 0.3) is 0 Å². The molecule has 0 amide bonds. The summed E-state index contributed by atoms with van der Waals surface area (Å²) in [6.07, 6.45) is 3.58. The molecule has 0 spiro atoms. The molecule has 0 bridgehead atoms. The number of hydrogen-bond acceptors (Lipinski definition) is 4. The van der Waals surface area contributed by atoms with E-state index in [1.165, 1.54) is 0 Å². The van der Waals surface area contributed by atoms with Crippen LogP contribution in [0, 0.1) is 17.8 Å². The van der Waals surface area contributed by atoms with Crippen LogP contribution in [0.4, 0.5) is 0 Å². The van der Waals surface area contributed by atoms with Gasteiger partial charge in [-0.05, 0) is 51.4 Å². The third-order valence-corrected chi connectivity index (χ3v) is 5.96. The predicted molar refractivity (Wildman–Crippen MR) is 78.6 cm³/mol. The number of hydrogen-bond donors (Lipinski definition) is 1. The molecule has 3 aliphatic rings. The summed E-state index contributed by atoms with van der Waals surface area (Å²) >= 11 is 0. The zero-order chi connectivity index (χ0) is 15.4. The van der Waals surface area contributed by atoms with Crippen molar-refractivity contribution in [1.29, 1.82) is 0 Å². The van der Waals surface area contributed by atoms with E-state index in [2.05, 4.69) is 20.4 Å². The molecular weight excluding hydrogens is 268 g/mol. The molecule has 2 aliphatic carbocycles. The second-order valence-corrected chi connectivity index (χ2v) is 7.20. The fourth-order valence-electron chi connectivity index (χ4n) is 4.74. The number of carbonyl (C=O) groups excluding carboxylic acids is 1. The molecule has 2 saturated carbocycles. The van der Waals surface area contributed by atoms with E-state index in [0.29, 0.717) is 18.1 Å². The molecule has 0 unspecified atom stereocenters. The van der Waals surface area contributed by atoms with E-state index < -0.39 is 5.60 Å². The average molecular weight is 294 g/mol. The summed E-state index contributed by atoms with van der Waals surface area (Å²) in [5, 5.41) is 11.5. The van der Waals surface area contributed by atoms with Crippen molar-refractivity contribution in [1.82, 2.24) is 0 Å². The molecule has 1 saturated heterocycles. The van der Waals surface area contributed by atoms with Gasteiger partial charge in [-0.15, -0.1) is 0 Å². The molecule has 1 N–H and O–H groups in total. The second-order valence-electron chi connectivity index (χ2n) is 7.20. The Labute approximate surface area is 126 Å². The molecular formula is C17H26O4. The van der Waals surface area contributed by atoms with E-state index in [-0.39, 0.29) is 29.5 Å². The van der Waals surface area contributed by atoms with Crippen LogP contribution in [0.15, 0.2) is 12.2 Å². The van der Waals surface area contributed by atoms with Gasteiger partial charge in [-0.25, -0.2) is 4.79 Å². The molecule has 1 aliphatic heterocycles. The summed E-state index contributed by atoms with van der Waals surface area (Å²) in [5.41, 5.74) is -0.764. The third-order valence-electron chi connectivity index (χ3n) is 5.96. The van der Waals surface area contributed by atoms with E-state index in [4.69, 9.17) is 9.47 Å². The molecule has 118 valence electrons. The van der Waals surface area contributed by atoms with Crippen LogP contribution < -0.4 is 0 Å². The minimum absolute atomic E-state index is 0.164. The van der Waals surface area contributed by atoms with Gasteiger partial charge in [0.2, 0.25) is 0 Å². The fraction of sp³-hybridized carbons (Fsp3) is 0.824. The summed E-state index contributed by atoms with van der Waals surface area (Å²) in [6.45, 7) is 10.3. The molecule has 4 nitrogen and oxygen atoms in total. The quantitative estimate of drug-likeness (QED) is 0.493. The van der Waals surface area contributed by atoms with Gasteiger partial charge in [-0.3, -0.25) is 0 Å². The maximum atomic E-state index is 12.1. The van der Waals surface area contributed by atoms with Crippen LogP contribution in [0.1, 0.15) is 46.5 Å². The van der Waals surface area contributed by atoms with Crippen LogP contribution in [0.25, 0.3) is 0 Å². The molecule has 3 fully saturated rings. The maximum absolute atomic E-state index is 12.1. The number of ether oxygens (including phenoxy) is 2. The maximum Gasteiger partial charge on any atom is 0.333 e. The molecule has 0 aromatic carbocycles. The second kappa shape index (κ2) is 4.82. The van der Waals surface area contributed by atoms with Crippen molar-refractivity contribution < 1.29 is 19.4 Å². The molecule has 21 heavy (non-hydrogen) atoms. The first-order valence-corrected chi connectivity index (χ1v) is 8.10. The Morgan fingerprint density at radius 2 is 2.14 bits per heavy atom. The van der Waals surface area contributed by atoms with Crippen molar-refractivity contribution in [3.05, 3.63) is 12.2 Å². The van der Waals surface area contributed by atoms with Crippen molar-refractivity contribution in [2.45, 2.75) is 63.8 Å². The van der Waals surface area contributed by atoms with Gasteiger partial charge < -0.3 is 14.6 Å². The molecule has 0 radical (unpaired) electrons. The van der Waals surface area contributed by atoms with E-state index in [1.807, 2.05) is 0 Å². The Balaban J connectivity index is 1.90. The number of aliphatic hydroxyl groups is 1. The summed E-state index contributed by atoms with van der Waals surface area (Å²) in [5.74, 6) is 0.0139. The number of fused-ring (bicyclic) bond motifs is 3. The lowest BCUT2D eigenvalue weighted by Gasteiger charge is -2.51. The van der Waals surface area contributed by atoms with Gasteiger partial charge in [-0.1, -0.05) is 13.5 Å². The van der Waals surface area contributed by atoms with Gasteiger partial charge in [0, 0.05) is 11.5 Å². The van der Waals surface area contributed by atoms with E-state index >= 15 is 0 Å². The first kappa shape index (κ1) is 15.0. The lowest BCUT2D eigenvalue weighted by molar-refractivity contribution is -0.149. The van der Waals surface area contributed by atoms with E-state index in [9.17, 15) is 9.90 Å². The summed E-state index contributed by atoms with van der Waals surface area (Å²) in [4.78, 5) is 12.1. The number of rotatable bonds is 3. The standard InChI is InChI=1S/C17H26O4/c1-5-20-14(18)11(3)13-7-6-10(2)12-8-9-16(4)15(21-16)17(12,13)19/h10,12-13,15,19H,3,5-9H2,1-2,4H3/t10-,12+,13+,15-,16-,17-/m1/s1.